The molecule has 1 amide bonds. The third-order valence-electron chi connectivity index (χ3n) is 5.05. The molecule has 0 radical (unpaired) electrons. The summed E-state index contributed by atoms with van der Waals surface area (Å²) in [6.45, 7) is 5.39. The lowest BCUT2D eigenvalue weighted by molar-refractivity contribution is -0.137. The largest absolute Gasteiger partial charge is 0.417 e. The van der Waals surface area contributed by atoms with Crippen LogP contribution in [0.1, 0.15) is 50.8 Å². The third-order valence-corrected chi connectivity index (χ3v) is 5.05. The van der Waals surface area contributed by atoms with Gasteiger partial charge in [0.1, 0.15) is 0 Å². The van der Waals surface area contributed by atoms with Crippen LogP contribution >= 0.6 is 0 Å². The van der Waals surface area contributed by atoms with Crippen LogP contribution in [0.2, 0.25) is 0 Å². The quantitative estimate of drug-likeness (QED) is 0.455. The number of amides is 1. The van der Waals surface area contributed by atoms with Crippen molar-refractivity contribution in [2.24, 2.45) is 0 Å². The van der Waals surface area contributed by atoms with Crippen LogP contribution in [0.3, 0.4) is 0 Å². The van der Waals surface area contributed by atoms with Crippen molar-refractivity contribution in [1.82, 2.24) is 0 Å². The van der Waals surface area contributed by atoms with Gasteiger partial charge in [-0.05, 0) is 54.8 Å². The number of hydrogen-bond acceptors (Lipinski definition) is 2. The maximum absolute atomic E-state index is 13.8. The number of halogens is 3. The van der Waals surface area contributed by atoms with Gasteiger partial charge in [0.05, 0.1) is 5.56 Å². The highest BCUT2D eigenvalue weighted by molar-refractivity contribution is 6.05. The molecule has 0 spiro atoms. The summed E-state index contributed by atoms with van der Waals surface area (Å²) in [6.07, 6.45) is -4.24. The molecular formula is C25H22F3NO2. The maximum Gasteiger partial charge on any atom is 0.417 e. The molecule has 3 nitrogen and oxygen atoms in total. The summed E-state index contributed by atoms with van der Waals surface area (Å²) in [5.74, 6) is -0.605. The Morgan fingerprint density at radius 1 is 0.839 bits per heavy atom. The molecule has 0 saturated heterocycles. The fraction of sp³-hybridized carbons (Fsp3) is 0.200. The van der Waals surface area contributed by atoms with Gasteiger partial charge in [-0.2, -0.15) is 13.2 Å². The van der Waals surface area contributed by atoms with Gasteiger partial charge >= 0.3 is 6.18 Å². The summed E-state index contributed by atoms with van der Waals surface area (Å²) >= 11 is 0. The molecule has 3 aromatic rings. The van der Waals surface area contributed by atoms with Crippen molar-refractivity contribution in [2.45, 2.75) is 33.4 Å². The van der Waals surface area contributed by atoms with Crippen molar-refractivity contribution >= 4 is 17.4 Å². The van der Waals surface area contributed by atoms with E-state index in [1.165, 1.54) is 36.4 Å². The molecule has 31 heavy (non-hydrogen) atoms. The second kappa shape index (κ2) is 8.76. The van der Waals surface area contributed by atoms with Crippen molar-refractivity contribution < 1.29 is 22.8 Å². The van der Waals surface area contributed by atoms with Gasteiger partial charge < -0.3 is 5.32 Å². The maximum atomic E-state index is 13.8. The van der Waals surface area contributed by atoms with Gasteiger partial charge in [-0.15, -0.1) is 0 Å². The number of Topliss-reactive ketones (excluding diaryl/α,β-unsaturated/α-hetero) is 1. The molecule has 3 aromatic carbocycles. The number of hydrogen-bond donors (Lipinski definition) is 1. The Kier molecular flexibility index (Phi) is 6.29. The third kappa shape index (κ3) is 5.02. The molecule has 0 heterocycles. The summed E-state index contributed by atoms with van der Waals surface area (Å²) in [7, 11) is 0. The van der Waals surface area contributed by atoms with Crippen LogP contribution in [0.5, 0.6) is 0 Å². The summed E-state index contributed by atoms with van der Waals surface area (Å²) in [5.41, 5.74) is 2.21. The summed E-state index contributed by atoms with van der Waals surface area (Å²) in [5, 5.41) is 2.51. The van der Waals surface area contributed by atoms with E-state index in [0.717, 1.165) is 17.2 Å². The average molecular weight is 425 g/mol. The minimum atomic E-state index is -4.59. The molecule has 0 atom stereocenters. The van der Waals surface area contributed by atoms with Gasteiger partial charge in [0.15, 0.2) is 5.78 Å². The Labute approximate surface area is 178 Å². The van der Waals surface area contributed by atoms with Gasteiger partial charge in [0, 0.05) is 23.2 Å². The zero-order valence-corrected chi connectivity index (χ0v) is 17.4. The lowest BCUT2D eigenvalue weighted by Gasteiger charge is -2.17. The number of carbonyl (C=O) groups excluding carboxylic acids is 2. The molecule has 0 aromatic heterocycles. The molecule has 0 unspecified atom stereocenters. The van der Waals surface area contributed by atoms with Crippen molar-refractivity contribution in [1.29, 1.82) is 0 Å². The Morgan fingerprint density at radius 2 is 1.45 bits per heavy atom. The summed E-state index contributed by atoms with van der Waals surface area (Å²) in [4.78, 5) is 24.2. The van der Waals surface area contributed by atoms with E-state index in [1.54, 1.807) is 26.0 Å². The first-order valence-electron chi connectivity index (χ1n) is 9.83. The number of anilines is 1. The Balaban J connectivity index is 1.92. The van der Waals surface area contributed by atoms with Gasteiger partial charge in [-0.25, -0.2) is 0 Å². The predicted molar refractivity (Wildman–Crippen MR) is 115 cm³/mol. The highest BCUT2D eigenvalue weighted by Gasteiger charge is 2.34. The van der Waals surface area contributed by atoms with E-state index < -0.39 is 17.6 Å². The van der Waals surface area contributed by atoms with Crippen molar-refractivity contribution in [3.8, 4) is 11.1 Å². The monoisotopic (exact) mass is 425 g/mol. The SMILES string of the molecule is CCC(=O)c1ccc(C(=O)Nc2ccc(-c3ccc(C)cc3C)c(C(F)(F)F)c2)cc1. The van der Waals surface area contributed by atoms with Crippen LogP contribution in [-0.4, -0.2) is 11.7 Å². The number of rotatable bonds is 5. The fourth-order valence-corrected chi connectivity index (χ4v) is 3.42. The Bertz CT molecular complexity index is 1130. The first kappa shape index (κ1) is 22.3. The Morgan fingerprint density at radius 3 is 2.03 bits per heavy atom. The average Bonchev–Trinajstić information content (AvgIpc) is 2.73. The minimum Gasteiger partial charge on any atom is -0.322 e. The van der Waals surface area contributed by atoms with E-state index in [1.807, 2.05) is 13.0 Å². The number of nitrogens with one attached hydrogen (secondary N) is 1. The molecule has 6 heteroatoms. The van der Waals surface area contributed by atoms with Gasteiger partial charge in [0.25, 0.3) is 5.91 Å². The topological polar surface area (TPSA) is 46.2 Å². The van der Waals surface area contributed by atoms with Crippen molar-refractivity contribution in [2.75, 3.05) is 5.32 Å². The van der Waals surface area contributed by atoms with Gasteiger partial charge in [-0.1, -0.05) is 48.9 Å². The fourth-order valence-electron chi connectivity index (χ4n) is 3.42. The predicted octanol–water partition coefficient (Wildman–Crippen LogP) is 6.83. The minimum absolute atomic E-state index is 0.0413. The molecule has 0 aliphatic rings. The summed E-state index contributed by atoms with van der Waals surface area (Å²) in [6, 6.07) is 15.1. The van der Waals surface area contributed by atoms with E-state index >= 15 is 0 Å². The molecule has 0 aliphatic carbocycles. The van der Waals surface area contributed by atoms with E-state index in [-0.39, 0.29) is 22.6 Å². The number of alkyl halides is 3. The van der Waals surface area contributed by atoms with Crippen LogP contribution in [0.4, 0.5) is 18.9 Å². The summed E-state index contributed by atoms with van der Waals surface area (Å²) < 4.78 is 41.4. The van der Waals surface area contributed by atoms with Crippen molar-refractivity contribution in [3.05, 3.63) is 88.5 Å². The first-order valence-corrected chi connectivity index (χ1v) is 9.83. The first-order chi connectivity index (χ1) is 14.6. The van der Waals surface area contributed by atoms with Crippen LogP contribution < -0.4 is 5.32 Å². The highest BCUT2D eigenvalue weighted by atomic mass is 19.4. The number of benzene rings is 3. The smallest absolute Gasteiger partial charge is 0.322 e. The van der Waals surface area contributed by atoms with Crippen LogP contribution in [0, 0.1) is 13.8 Å². The lowest BCUT2D eigenvalue weighted by atomic mass is 9.94. The Hall–Kier alpha value is -3.41. The molecule has 0 saturated carbocycles. The standard InChI is InChI=1S/C25H22F3NO2/c1-4-23(30)17-6-8-18(9-7-17)24(31)29-19-10-12-21(22(14-19)25(26,27)28)20-11-5-15(2)13-16(20)3/h5-14H,4H2,1-3H3,(H,29,31). The molecule has 3 rings (SSSR count). The van der Waals surface area contributed by atoms with Gasteiger partial charge in [-0.3, -0.25) is 9.59 Å². The highest BCUT2D eigenvalue weighted by Crippen LogP contribution is 2.39. The zero-order chi connectivity index (χ0) is 22.8. The lowest BCUT2D eigenvalue weighted by Crippen LogP contribution is -2.14. The van der Waals surface area contributed by atoms with E-state index in [2.05, 4.69) is 5.32 Å². The van der Waals surface area contributed by atoms with Crippen LogP contribution in [0.25, 0.3) is 11.1 Å². The van der Waals surface area contributed by atoms with Crippen LogP contribution in [-0.2, 0) is 6.18 Å². The van der Waals surface area contributed by atoms with E-state index in [4.69, 9.17) is 0 Å². The molecule has 0 bridgehead atoms. The second-order valence-electron chi connectivity index (χ2n) is 7.38. The molecule has 160 valence electrons. The molecule has 1 N–H and O–H groups in total. The normalized spacial score (nSPS) is 11.3. The van der Waals surface area contributed by atoms with Gasteiger partial charge in [0.2, 0.25) is 0 Å². The molecule has 0 fully saturated rings. The van der Waals surface area contributed by atoms with Crippen molar-refractivity contribution in [3.63, 3.8) is 0 Å². The van der Waals surface area contributed by atoms with E-state index in [9.17, 15) is 22.8 Å². The van der Waals surface area contributed by atoms with Crippen LogP contribution in [0.15, 0.2) is 60.7 Å². The number of carbonyl (C=O) groups is 2. The second-order valence-corrected chi connectivity index (χ2v) is 7.38. The zero-order valence-electron chi connectivity index (χ0n) is 17.4. The number of ketones is 1. The van der Waals surface area contributed by atoms with E-state index in [0.29, 0.717) is 17.5 Å². The molecular weight excluding hydrogens is 403 g/mol. The molecule has 0 aliphatic heterocycles. The number of aryl methyl sites for hydroxylation is 2.